The van der Waals surface area contributed by atoms with Gasteiger partial charge in [0.1, 0.15) is 0 Å². The monoisotopic (exact) mass is 487 g/mol. The number of carbonyl (C=O) groups excluding carboxylic acids is 2. The molecule has 2 aromatic carbocycles. The number of pyridine rings is 1. The Hall–Kier alpha value is -3.21. The van der Waals surface area contributed by atoms with Crippen molar-refractivity contribution >= 4 is 50.0 Å². The second-order valence-corrected chi connectivity index (χ2v) is 10.0. The third-order valence-electron chi connectivity index (χ3n) is 5.48. The quantitative estimate of drug-likeness (QED) is 0.484. The Kier molecular flexibility index (Phi) is 6.50. The number of nitrogens with one attached hydrogen (secondary N) is 2. The van der Waals surface area contributed by atoms with Crippen LogP contribution in [-0.2, 0) is 10.0 Å². The fourth-order valence-corrected chi connectivity index (χ4v) is 5.34. The largest absolute Gasteiger partial charge is 0.397 e. The number of hydrogen-bond donors (Lipinski definition) is 3. The smallest absolute Gasteiger partial charge is 0.273 e. The zero-order valence-electron chi connectivity index (χ0n) is 17.5. The maximum Gasteiger partial charge on any atom is 0.273 e. The molecule has 11 heteroatoms. The fraction of sp³-hybridized carbons (Fsp3) is 0.227. The van der Waals surface area contributed by atoms with Crippen LogP contribution in [0.2, 0.25) is 5.02 Å². The van der Waals surface area contributed by atoms with E-state index < -0.39 is 21.8 Å². The lowest BCUT2D eigenvalue weighted by molar-refractivity contribution is 0.0847. The topological polar surface area (TPSA) is 134 Å². The van der Waals surface area contributed by atoms with E-state index in [0.717, 1.165) is 19.3 Å². The first-order valence-electron chi connectivity index (χ1n) is 10.3. The van der Waals surface area contributed by atoms with Gasteiger partial charge in [-0.15, -0.1) is 0 Å². The van der Waals surface area contributed by atoms with E-state index in [1.807, 2.05) is 0 Å². The summed E-state index contributed by atoms with van der Waals surface area (Å²) in [5.74, 6) is -1.26. The van der Waals surface area contributed by atoms with Gasteiger partial charge in [0.25, 0.3) is 11.8 Å². The van der Waals surface area contributed by atoms with Crippen molar-refractivity contribution in [3.63, 3.8) is 0 Å². The Morgan fingerprint density at radius 1 is 0.970 bits per heavy atom. The molecule has 0 radical (unpaired) electrons. The van der Waals surface area contributed by atoms with Gasteiger partial charge in [0, 0.05) is 35.3 Å². The number of nitrogens with zero attached hydrogens (tertiary/aromatic N) is 2. The van der Waals surface area contributed by atoms with Crippen LogP contribution in [0.3, 0.4) is 0 Å². The normalized spacial score (nSPS) is 14.7. The minimum Gasteiger partial charge on any atom is -0.397 e. The Balaban J connectivity index is 1.43. The lowest BCUT2D eigenvalue weighted by atomic mass is 10.1. The third-order valence-corrected chi connectivity index (χ3v) is 7.62. The average Bonchev–Trinajstić information content (AvgIpc) is 2.83. The molecule has 172 valence electrons. The van der Waals surface area contributed by atoms with E-state index in [2.05, 4.69) is 15.8 Å². The molecule has 0 saturated carbocycles. The summed E-state index contributed by atoms with van der Waals surface area (Å²) in [6.45, 7) is 0.991. The van der Waals surface area contributed by atoms with Crippen LogP contribution in [0.25, 0.3) is 10.9 Å². The lowest BCUT2D eigenvalue weighted by Crippen LogP contribution is -2.42. The molecule has 0 aliphatic carbocycles. The molecule has 0 bridgehead atoms. The molecule has 1 aliphatic heterocycles. The lowest BCUT2D eigenvalue weighted by Gasteiger charge is -2.25. The molecule has 3 aromatic rings. The number of piperidine rings is 1. The number of hydrazine groups is 1. The van der Waals surface area contributed by atoms with Crippen molar-refractivity contribution in [2.45, 2.75) is 24.2 Å². The number of nitrogen functional groups attached to an aromatic ring is 1. The summed E-state index contributed by atoms with van der Waals surface area (Å²) in [5.41, 5.74) is 11.7. The average molecular weight is 488 g/mol. The number of anilines is 1. The van der Waals surface area contributed by atoms with Gasteiger partial charge in [-0.1, -0.05) is 18.0 Å². The molecule has 4 N–H and O–H groups in total. The molecule has 4 rings (SSSR count). The van der Waals surface area contributed by atoms with Crippen molar-refractivity contribution in [2.24, 2.45) is 0 Å². The van der Waals surface area contributed by atoms with Crippen molar-refractivity contribution < 1.29 is 18.0 Å². The van der Waals surface area contributed by atoms with Gasteiger partial charge >= 0.3 is 0 Å². The Bertz CT molecular complexity index is 1320. The van der Waals surface area contributed by atoms with Crippen molar-refractivity contribution in [1.29, 1.82) is 0 Å². The van der Waals surface area contributed by atoms with Crippen LogP contribution in [0.5, 0.6) is 0 Å². The summed E-state index contributed by atoms with van der Waals surface area (Å²) in [7, 11) is -3.59. The first kappa shape index (κ1) is 23.0. The molecule has 0 spiro atoms. The van der Waals surface area contributed by atoms with Crippen LogP contribution in [0.1, 0.15) is 40.0 Å². The first-order valence-corrected chi connectivity index (χ1v) is 12.1. The van der Waals surface area contributed by atoms with Gasteiger partial charge in [-0.05, 0) is 55.3 Å². The van der Waals surface area contributed by atoms with Gasteiger partial charge in [0.15, 0.2) is 0 Å². The van der Waals surface area contributed by atoms with Crippen LogP contribution in [-0.4, -0.2) is 42.6 Å². The standard InChI is InChI=1S/C22H22ClN5O4S/c23-15-6-9-19-17(12-15)20(24)18(13-25-19)22(30)27-26-21(29)14-4-7-16(8-5-14)33(31,32)28-10-2-1-3-11-28/h4-9,12-13H,1-3,10-11H2,(H2,24,25)(H,26,29)(H,27,30). The van der Waals surface area contributed by atoms with Crippen molar-refractivity contribution in [3.05, 3.63) is 64.8 Å². The highest BCUT2D eigenvalue weighted by molar-refractivity contribution is 7.89. The van der Waals surface area contributed by atoms with E-state index in [1.165, 1.54) is 34.8 Å². The summed E-state index contributed by atoms with van der Waals surface area (Å²) >= 11 is 6.00. The van der Waals surface area contributed by atoms with Crippen LogP contribution in [0.15, 0.2) is 53.6 Å². The van der Waals surface area contributed by atoms with Crippen molar-refractivity contribution in [2.75, 3.05) is 18.8 Å². The third kappa shape index (κ3) is 4.77. The minimum absolute atomic E-state index is 0.0769. The summed E-state index contributed by atoms with van der Waals surface area (Å²) in [5, 5.41) is 0.972. The van der Waals surface area contributed by atoms with E-state index in [1.54, 1.807) is 18.2 Å². The van der Waals surface area contributed by atoms with Gasteiger partial charge in [-0.25, -0.2) is 8.42 Å². The summed E-state index contributed by atoms with van der Waals surface area (Å²) in [4.78, 5) is 29.3. The summed E-state index contributed by atoms with van der Waals surface area (Å²) < 4.78 is 26.9. The van der Waals surface area contributed by atoms with Gasteiger partial charge < -0.3 is 5.73 Å². The fourth-order valence-electron chi connectivity index (χ4n) is 3.65. The summed E-state index contributed by atoms with van der Waals surface area (Å²) in [6, 6.07) is 10.5. The highest BCUT2D eigenvalue weighted by atomic mass is 35.5. The number of carbonyl (C=O) groups is 2. The molecule has 0 atom stereocenters. The molecule has 1 fully saturated rings. The van der Waals surface area contributed by atoms with E-state index in [-0.39, 0.29) is 21.7 Å². The zero-order valence-corrected chi connectivity index (χ0v) is 19.1. The van der Waals surface area contributed by atoms with Crippen LogP contribution in [0.4, 0.5) is 5.69 Å². The predicted molar refractivity (Wildman–Crippen MR) is 125 cm³/mol. The number of hydrogen-bond acceptors (Lipinski definition) is 6. The number of fused-ring (bicyclic) bond motifs is 1. The number of halogens is 1. The second kappa shape index (κ2) is 9.34. The number of sulfonamides is 1. The van der Waals surface area contributed by atoms with Crippen molar-refractivity contribution in [1.82, 2.24) is 20.1 Å². The summed E-state index contributed by atoms with van der Waals surface area (Å²) in [6.07, 6.45) is 4.01. The Morgan fingerprint density at radius 2 is 1.64 bits per heavy atom. The van der Waals surface area contributed by atoms with Crippen LogP contribution >= 0.6 is 11.6 Å². The molecular formula is C22H22ClN5O4S. The van der Waals surface area contributed by atoms with Gasteiger partial charge in [-0.2, -0.15) is 4.31 Å². The molecule has 1 aliphatic rings. The van der Waals surface area contributed by atoms with E-state index in [9.17, 15) is 18.0 Å². The molecule has 9 nitrogen and oxygen atoms in total. The highest BCUT2D eigenvalue weighted by Gasteiger charge is 2.26. The highest BCUT2D eigenvalue weighted by Crippen LogP contribution is 2.26. The zero-order chi connectivity index (χ0) is 23.6. The molecule has 1 saturated heterocycles. The maximum atomic E-state index is 12.7. The van der Waals surface area contributed by atoms with Crippen LogP contribution < -0.4 is 16.6 Å². The number of nitrogens with two attached hydrogens (primary N) is 1. The number of aromatic nitrogens is 1. The predicted octanol–water partition coefficient (Wildman–Crippen LogP) is 2.72. The molecular weight excluding hydrogens is 466 g/mol. The number of amides is 2. The minimum atomic E-state index is -3.59. The Morgan fingerprint density at radius 3 is 2.33 bits per heavy atom. The van der Waals surface area contributed by atoms with Crippen LogP contribution in [0, 0.1) is 0 Å². The maximum absolute atomic E-state index is 12.7. The Labute approximate surface area is 195 Å². The number of benzene rings is 2. The van der Waals surface area contributed by atoms with Crippen molar-refractivity contribution in [3.8, 4) is 0 Å². The SMILES string of the molecule is Nc1c(C(=O)NNC(=O)c2ccc(S(=O)(=O)N3CCCCC3)cc2)cnc2ccc(Cl)cc12. The first-order chi connectivity index (χ1) is 15.8. The molecule has 1 aromatic heterocycles. The van der Waals surface area contributed by atoms with E-state index in [0.29, 0.717) is 29.0 Å². The van der Waals surface area contributed by atoms with Gasteiger partial charge in [0.05, 0.1) is 21.7 Å². The second-order valence-electron chi connectivity index (χ2n) is 7.64. The number of rotatable bonds is 4. The molecule has 2 amide bonds. The van der Waals surface area contributed by atoms with Gasteiger partial charge in [-0.3, -0.25) is 25.4 Å². The van der Waals surface area contributed by atoms with E-state index >= 15 is 0 Å². The molecule has 33 heavy (non-hydrogen) atoms. The van der Waals surface area contributed by atoms with Gasteiger partial charge in [0.2, 0.25) is 10.0 Å². The molecule has 2 heterocycles. The van der Waals surface area contributed by atoms with E-state index in [4.69, 9.17) is 17.3 Å². The molecule has 0 unspecified atom stereocenters.